The van der Waals surface area contributed by atoms with Gasteiger partial charge in [0, 0.05) is 36.6 Å². The van der Waals surface area contributed by atoms with E-state index in [1.165, 1.54) is 0 Å². The second-order valence-electron chi connectivity index (χ2n) is 6.41. The summed E-state index contributed by atoms with van der Waals surface area (Å²) in [5, 5.41) is 4.02. The number of nitrogens with zero attached hydrogens (tertiary/aromatic N) is 5. The molecule has 3 aromatic heterocycles. The smallest absolute Gasteiger partial charge is 0.241 e. The maximum atomic E-state index is 12.6. The summed E-state index contributed by atoms with van der Waals surface area (Å²) in [6, 6.07) is 9.17. The minimum absolute atomic E-state index is 0.0423. The summed E-state index contributed by atoms with van der Waals surface area (Å²) in [4.78, 5) is 27.5. The van der Waals surface area contributed by atoms with E-state index in [2.05, 4.69) is 25.0 Å². The molecular weight excluding hydrogens is 330 g/mol. The lowest BCUT2D eigenvalue weighted by molar-refractivity contribution is 0.0792. The van der Waals surface area contributed by atoms with Gasteiger partial charge in [0.25, 0.3) is 0 Å². The van der Waals surface area contributed by atoms with Crippen molar-refractivity contribution in [3.05, 3.63) is 60.5 Å². The summed E-state index contributed by atoms with van der Waals surface area (Å²) in [6.45, 7) is 2.13. The molecule has 0 aromatic carbocycles. The molecular formula is C19H19N5O2. The number of rotatable bonds is 5. The number of Topliss-reactive ketones (excluding diaryl/α,β-unsaturated/α-hetero) is 1. The molecule has 1 atom stereocenters. The average molecular weight is 349 g/mol. The largest absolute Gasteiger partial charge is 0.338 e. The van der Waals surface area contributed by atoms with Crippen molar-refractivity contribution >= 4 is 5.78 Å². The van der Waals surface area contributed by atoms with E-state index >= 15 is 0 Å². The Labute approximate surface area is 151 Å². The third kappa shape index (κ3) is 3.67. The second kappa shape index (κ2) is 7.53. The van der Waals surface area contributed by atoms with Gasteiger partial charge in [0.15, 0.2) is 5.78 Å². The van der Waals surface area contributed by atoms with Crippen LogP contribution >= 0.6 is 0 Å². The van der Waals surface area contributed by atoms with Crippen LogP contribution in [-0.4, -0.2) is 43.9 Å². The van der Waals surface area contributed by atoms with Gasteiger partial charge >= 0.3 is 0 Å². The Morgan fingerprint density at radius 2 is 2.19 bits per heavy atom. The van der Waals surface area contributed by atoms with Crippen molar-refractivity contribution < 1.29 is 9.32 Å². The van der Waals surface area contributed by atoms with Crippen molar-refractivity contribution in [1.82, 2.24) is 25.0 Å². The standard InChI is InChI=1S/C19H19N5O2/c25-18(16-7-1-2-9-21-16)15-6-4-10-24(12-15)13-17-22-19(23-26-17)14-5-3-8-20-11-14/h1-3,5,7-9,11,15H,4,6,10,12-13H2/t15-/m1/s1. The molecule has 0 radical (unpaired) electrons. The Morgan fingerprint density at radius 3 is 3.00 bits per heavy atom. The van der Waals surface area contributed by atoms with Crippen molar-refractivity contribution in [2.75, 3.05) is 13.1 Å². The fourth-order valence-corrected chi connectivity index (χ4v) is 3.25. The van der Waals surface area contributed by atoms with Crippen molar-refractivity contribution in [2.24, 2.45) is 5.92 Å². The fraction of sp³-hybridized carbons (Fsp3) is 0.316. The fourth-order valence-electron chi connectivity index (χ4n) is 3.25. The van der Waals surface area contributed by atoms with Crippen LogP contribution in [0.25, 0.3) is 11.4 Å². The van der Waals surface area contributed by atoms with E-state index in [0.717, 1.165) is 24.9 Å². The Morgan fingerprint density at radius 1 is 1.23 bits per heavy atom. The Kier molecular flexibility index (Phi) is 4.79. The molecule has 132 valence electrons. The molecule has 7 heteroatoms. The second-order valence-corrected chi connectivity index (χ2v) is 6.41. The van der Waals surface area contributed by atoms with E-state index in [0.29, 0.717) is 30.5 Å². The first kappa shape index (κ1) is 16.5. The van der Waals surface area contributed by atoms with Gasteiger partial charge in [0.2, 0.25) is 11.7 Å². The van der Waals surface area contributed by atoms with Gasteiger partial charge in [-0.1, -0.05) is 11.2 Å². The van der Waals surface area contributed by atoms with Crippen LogP contribution < -0.4 is 0 Å². The summed E-state index contributed by atoms with van der Waals surface area (Å²) < 4.78 is 5.37. The molecule has 7 nitrogen and oxygen atoms in total. The molecule has 1 aliphatic heterocycles. The topological polar surface area (TPSA) is 85.0 Å². The molecule has 0 unspecified atom stereocenters. The van der Waals surface area contributed by atoms with Crippen LogP contribution in [0.2, 0.25) is 0 Å². The van der Waals surface area contributed by atoms with Crippen LogP contribution in [0, 0.1) is 5.92 Å². The summed E-state index contributed by atoms with van der Waals surface area (Å²) in [5.41, 5.74) is 1.36. The van der Waals surface area contributed by atoms with Crippen molar-refractivity contribution in [1.29, 1.82) is 0 Å². The molecule has 0 bridgehead atoms. The zero-order valence-electron chi connectivity index (χ0n) is 14.3. The molecule has 0 amide bonds. The van der Waals surface area contributed by atoms with Gasteiger partial charge in [-0.15, -0.1) is 0 Å². The van der Waals surface area contributed by atoms with Crippen LogP contribution in [0.15, 0.2) is 53.4 Å². The zero-order chi connectivity index (χ0) is 17.8. The molecule has 4 rings (SSSR count). The Hall–Kier alpha value is -2.93. The van der Waals surface area contributed by atoms with E-state index in [1.54, 1.807) is 24.7 Å². The summed E-state index contributed by atoms with van der Waals surface area (Å²) >= 11 is 0. The molecule has 26 heavy (non-hydrogen) atoms. The van der Waals surface area contributed by atoms with Gasteiger partial charge in [-0.25, -0.2) is 0 Å². The van der Waals surface area contributed by atoms with E-state index in [9.17, 15) is 4.79 Å². The number of ketones is 1. The first-order chi connectivity index (χ1) is 12.8. The van der Waals surface area contributed by atoms with Gasteiger partial charge in [-0.3, -0.25) is 19.7 Å². The predicted molar refractivity (Wildman–Crippen MR) is 94.1 cm³/mol. The number of likely N-dealkylation sites (tertiary alicyclic amines) is 1. The predicted octanol–water partition coefficient (Wildman–Crippen LogP) is 2.62. The van der Waals surface area contributed by atoms with E-state index in [4.69, 9.17) is 4.52 Å². The number of piperidine rings is 1. The molecule has 0 saturated carbocycles. The van der Waals surface area contributed by atoms with Gasteiger partial charge in [-0.2, -0.15) is 4.98 Å². The third-order valence-electron chi connectivity index (χ3n) is 4.54. The lowest BCUT2D eigenvalue weighted by atomic mass is 9.92. The first-order valence-corrected chi connectivity index (χ1v) is 8.70. The number of aromatic nitrogens is 4. The van der Waals surface area contributed by atoms with Gasteiger partial charge in [0.1, 0.15) is 5.69 Å². The van der Waals surface area contributed by atoms with Crippen molar-refractivity contribution in [3.8, 4) is 11.4 Å². The number of carbonyl (C=O) groups is 1. The SMILES string of the molecule is O=C(c1ccccn1)[C@@H]1CCCN(Cc2nc(-c3cccnc3)no2)C1. The maximum Gasteiger partial charge on any atom is 0.241 e. The first-order valence-electron chi connectivity index (χ1n) is 8.70. The lowest BCUT2D eigenvalue weighted by Crippen LogP contribution is -2.38. The number of pyridine rings is 2. The monoisotopic (exact) mass is 349 g/mol. The number of hydrogen-bond acceptors (Lipinski definition) is 7. The van der Waals surface area contributed by atoms with Crippen LogP contribution in [0.3, 0.4) is 0 Å². The van der Waals surface area contributed by atoms with E-state index < -0.39 is 0 Å². The highest BCUT2D eigenvalue weighted by Gasteiger charge is 2.28. The lowest BCUT2D eigenvalue weighted by Gasteiger charge is -2.30. The molecule has 1 aliphatic rings. The minimum Gasteiger partial charge on any atom is -0.338 e. The van der Waals surface area contributed by atoms with Crippen LogP contribution in [0.1, 0.15) is 29.2 Å². The number of carbonyl (C=O) groups excluding carboxylic acids is 1. The summed E-state index contributed by atoms with van der Waals surface area (Å²) in [7, 11) is 0. The molecule has 0 aliphatic carbocycles. The zero-order valence-corrected chi connectivity index (χ0v) is 14.3. The van der Waals surface area contributed by atoms with Gasteiger partial charge in [-0.05, 0) is 43.7 Å². The molecule has 0 spiro atoms. The summed E-state index contributed by atoms with van der Waals surface area (Å²) in [5.74, 6) is 1.15. The Bertz CT molecular complexity index is 866. The molecule has 3 aromatic rings. The highest BCUT2D eigenvalue weighted by molar-refractivity contribution is 5.96. The molecule has 0 N–H and O–H groups in total. The van der Waals surface area contributed by atoms with Crippen molar-refractivity contribution in [2.45, 2.75) is 19.4 Å². The third-order valence-corrected chi connectivity index (χ3v) is 4.54. The van der Waals surface area contributed by atoms with E-state index in [-0.39, 0.29) is 11.7 Å². The minimum atomic E-state index is -0.0423. The van der Waals surface area contributed by atoms with Crippen LogP contribution in [0.5, 0.6) is 0 Å². The average Bonchev–Trinajstić information content (AvgIpc) is 3.17. The molecule has 1 fully saturated rings. The number of hydrogen-bond donors (Lipinski definition) is 0. The normalized spacial score (nSPS) is 17.9. The van der Waals surface area contributed by atoms with Gasteiger partial charge in [0.05, 0.1) is 6.54 Å². The van der Waals surface area contributed by atoms with Crippen molar-refractivity contribution in [3.63, 3.8) is 0 Å². The maximum absolute atomic E-state index is 12.6. The summed E-state index contributed by atoms with van der Waals surface area (Å²) in [6.07, 6.45) is 6.92. The quantitative estimate of drug-likeness (QED) is 0.655. The van der Waals surface area contributed by atoms with Gasteiger partial charge < -0.3 is 4.52 Å². The molecule has 4 heterocycles. The molecule has 1 saturated heterocycles. The van der Waals surface area contributed by atoms with E-state index in [1.807, 2.05) is 24.3 Å². The van der Waals surface area contributed by atoms with Crippen LogP contribution in [0.4, 0.5) is 0 Å². The highest BCUT2D eigenvalue weighted by atomic mass is 16.5. The highest BCUT2D eigenvalue weighted by Crippen LogP contribution is 2.22. The van der Waals surface area contributed by atoms with Crippen LogP contribution in [-0.2, 0) is 6.54 Å². The Balaban J connectivity index is 1.41.